The minimum Gasteiger partial charge on any atom is -0.468 e. The van der Waals surface area contributed by atoms with Gasteiger partial charge in [-0.1, -0.05) is 13.8 Å². The molecule has 0 radical (unpaired) electrons. The summed E-state index contributed by atoms with van der Waals surface area (Å²) >= 11 is 0. The zero-order valence-corrected chi connectivity index (χ0v) is 14.6. The zero-order chi connectivity index (χ0) is 16.9. The number of hydrogen-bond donors (Lipinski definition) is 2. The average molecular weight is 314 g/mol. The number of nitrogens with one attached hydrogen (secondary N) is 2. The molecule has 0 spiro atoms. The molecule has 1 rings (SSSR count). The fourth-order valence-corrected chi connectivity index (χ4v) is 2.48. The number of ether oxygens (including phenoxy) is 2. The molecule has 1 aliphatic rings. The number of methoxy groups -OCH3 is 1. The van der Waals surface area contributed by atoms with Crippen LogP contribution < -0.4 is 10.6 Å². The molecular weight excluding hydrogens is 284 g/mol. The van der Waals surface area contributed by atoms with Gasteiger partial charge in [-0.3, -0.25) is 4.79 Å². The summed E-state index contributed by atoms with van der Waals surface area (Å²) < 4.78 is 10.1. The first-order valence-corrected chi connectivity index (χ1v) is 7.94. The monoisotopic (exact) mass is 314 g/mol. The Kier molecular flexibility index (Phi) is 6.66. The second-order valence-electron chi connectivity index (χ2n) is 7.38. The van der Waals surface area contributed by atoms with E-state index in [1.54, 1.807) is 0 Å². The van der Waals surface area contributed by atoms with E-state index < -0.39 is 5.60 Å². The summed E-state index contributed by atoms with van der Waals surface area (Å²) in [7, 11) is 1.41. The number of esters is 1. The topological polar surface area (TPSA) is 76.7 Å². The lowest BCUT2D eigenvalue weighted by molar-refractivity contribution is -0.144. The fraction of sp³-hybridized carbons (Fsp3) is 0.875. The van der Waals surface area contributed by atoms with Gasteiger partial charge >= 0.3 is 12.1 Å². The van der Waals surface area contributed by atoms with Crippen molar-refractivity contribution in [3.8, 4) is 0 Å². The number of rotatable bonds is 6. The molecule has 0 saturated heterocycles. The van der Waals surface area contributed by atoms with E-state index in [0.717, 1.165) is 19.3 Å². The maximum Gasteiger partial charge on any atom is 0.407 e. The van der Waals surface area contributed by atoms with Crippen LogP contribution in [0, 0.1) is 5.92 Å². The highest BCUT2D eigenvalue weighted by molar-refractivity contribution is 5.75. The Morgan fingerprint density at radius 3 is 2.23 bits per heavy atom. The molecule has 6 nitrogen and oxygen atoms in total. The van der Waals surface area contributed by atoms with Gasteiger partial charge in [-0.05, 0) is 46.0 Å². The Hall–Kier alpha value is -1.30. The first-order chi connectivity index (χ1) is 10.1. The molecule has 6 heteroatoms. The van der Waals surface area contributed by atoms with Crippen LogP contribution in [0.4, 0.5) is 4.79 Å². The first-order valence-electron chi connectivity index (χ1n) is 7.94. The molecule has 128 valence electrons. The molecule has 0 aromatic carbocycles. The van der Waals surface area contributed by atoms with Crippen LogP contribution in [0.2, 0.25) is 0 Å². The zero-order valence-electron chi connectivity index (χ0n) is 14.6. The summed E-state index contributed by atoms with van der Waals surface area (Å²) in [6, 6.07) is 0.0463. The van der Waals surface area contributed by atoms with E-state index in [-0.39, 0.29) is 30.2 Å². The van der Waals surface area contributed by atoms with E-state index in [4.69, 9.17) is 9.47 Å². The lowest BCUT2D eigenvalue weighted by atomic mass is 9.85. The minimum atomic E-state index is -0.487. The number of carbonyl (C=O) groups is 2. The van der Waals surface area contributed by atoms with Crippen molar-refractivity contribution < 1.29 is 19.1 Å². The van der Waals surface area contributed by atoms with Gasteiger partial charge in [0.15, 0.2) is 0 Å². The van der Waals surface area contributed by atoms with Crippen LogP contribution >= 0.6 is 0 Å². The molecule has 1 aliphatic carbocycles. The van der Waals surface area contributed by atoms with E-state index in [0.29, 0.717) is 5.92 Å². The highest BCUT2D eigenvalue weighted by Gasteiger charge is 2.34. The van der Waals surface area contributed by atoms with Crippen molar-refractivity contribution in [2.24, 2.45) is 5.92 Å². The standard InChI is InChI=1S/C16H30N2O4/c1-10(2)7-13(14(19)21-6)17-11-8-12(9-11)18-15(20)22-16(3,4)5/h10-13,17H,7-9H2,1-6H3,(H,18,20). The molecule has 22 heavy (non-hydrogen) atoms. The molecule has 1 fully saturated rings. The molecule has 0 aromatic rings. The second-order valence-corrected chi connectivity index (χ2v) is 7.38. The third-order valence-electron chi connectivity index (χ3n) is 3.49. The number of amides is 1. The van der Waals surface area contributed by atoms with E-state index in [2.05, 4.69) is 24.5 Å². The summed E-state index contributed by atoms with van der Waals surface area (Å²) in [5, 5.41) is 6.16. The highest BCUT2D eigenvalue weighted by Crippen LogP contribution is 2.22. The van der Waals surface area contributed by atoms with Crippen molar-refractivity contribution in [2.75, 3.05) is 7.11 Å². The predicted octanol–water partition coefficient (Wildman–Crippen LogP) is 2.22. The molecule has 0 bridgehead atoms. The molecule has 1 saturated carbocycles. The van der Waals surface area contributed by atoms with Crippen LogP contribution in [0.5, 0.6) is 0 Å². The van der Waals surface area contributed by atoms with Gasteiger partial charge < -0.3 is 20.1 Å². The third kappa shape index (κ3) is 6.64. The summed E-state index contributed by atoms with van der Waals surface area (Å²) in [5.74, 6) is 0.185. The molecular formula is C16H30N2O4. The Labute approximate surface area is 133 Å². The van der Waals surface area contributed by atoms with Gasteiger partial charge in [0.05, 0.1) is 7.11 Å². The number of hydrogen-bond acceptors (Lipinski definition) is 5. The highest BCUT2D eigenvalue weighted by atomic mass is 16.6. The SMILES string of the molecule is COC(=O)C(CC(C)C)NC1CC(NC(=O)OC(C)(C)C)C1. The van der Waals surface area contributed by atoms with Crippen LogP contribution in [-0.4, -0.2) is 42.9 Å². The van der Waals surface area contributed by atoms with E-state index in [1.165, 1.54) is 7.11 Å². The summed E-state index contributed by atoms with van der Waals surface area (Å²) in [6.07, 6.45) is 1.95. The van der Waals surface area contributed by atoms with Gasteiger partial charge in [0.2, 0.25) is 0 Å². The lowest BCUT2D eigenvalue weighted by Crippen LogP contribution is -2.56. The lowest BCUT2D eigenvalue weighted by Gasteiger charge is -2.38. The van der Waals surface area contributed by atoms with Crippen molar-refractivity contribution in [1.82, 2.24) is 10.6 Å². The number of alkyl carbamates (subject to hydrolysis) is 1. The maximum absolute atomic E-state index is 11.8. The molecule has 2 N–H and O–H groups in total. The smallest absolute Gasteiger partial charge is 0.407 e. The average Bonchev–Trinajstić information content (AvgIpc) is 2.31. The largest absolute Gasteiger partial charge is 0.468 e. The molecule has 1 atom stereocenters. The van der Waals surface area contributed by atoms with Crippen LogP contribution in [0.1, 0.15) is 53.9 Å². The second kappa shape index (κ2) is 7.81. The van der Waals surface area contributed by atoms with Crippen LogP contribution in [0.3, 0.4) is 0 Å². The molecule has 1 unspecified atom stereocenters. The Morgan fingerprint density at radius 2 is 1.77 bits per heavy atom. The van der Waals surface area contributed by atoms with Crippen molar-refractivity contribution in [2.45, 2.75) is 77.6 Å². The van der Waals surface area contributed by atoms with Crippen molar-refractivity contribution in [3.63, 3.8) is 0 Å². The van der Waals surface area contributed by atoms with Crippen LogP contribution in [0.15, 0.2) is 0 Å². The van der Waals surface area contributed by atoms with Gasteiger partial charge in [-0.25, -0.2) is 4.79 Å². The summed E-state index contributed by atoms with van der Waals surface area (Å²) in [5.41, 5.74) is -0.487. The fourth-order valence-electron chi connectivity index (χ4n) is 2.48. The van der Waals surface area contributed by atoms with Crippen molar-refractivity contribution in [1.29, 1.82) is 0 Å². The predicted molar refractivity (Wildman–Crippen MR) is 84.6 cm³/mol. The van der Waals surface area contributed by atoms with Gasteiger partial charge in [-0.2, -0.15) is 0 Å². The van der Waals surface area contributed by atoms with Crippen molar-refractivity contribution >= 4 is 12.1 Å². The van der Waals surface area contributed by atoms with Crippen LogP contribution in [-0.2, 0) is 14.3 Å². The normalized spacial score (nSPS) is 22.7. The number of carbonyl (C=O) groups excluding carboxylic acids is 2. The van der Waals surface area contributed by atoms with Gasteiger partial charge in [0.25, 0.3) is 0 Å². The third-order valence-corrected chi connectivity index (χ3v) is 3.49. The van der Waals surface area contributed by atoms with Gasteiger partial charge in [-0.15, -0.1) is 0 Å². The molecule has 1 amide bonds. The molecule has 0 aliphatic heterocycles. The minimum absolute atomic E-state index is 0.102. The Bertz CT molecular complexity index is 384. The Balaban J connectivity index is 2.34. The summed E-state index contributed by atoms with van der Waals surface area (Å²) in [4.78, 5) is 23.4. The molecule has 0 aromatic heterocycles. The van der Waals surface area contributed by atoms with Gasteiger partial charge in [0.1, 0.15) is 11.6 Å². The van der Waals surface area contributed by atoms with Crippen LogP contribution in [0.25, 0.3) is 0 Å². The van der Waals surface area contributed by atoms with Gasteiger partial charge in [0, 0.05) is 12.1 Å². The maximum atomic E-state index is 11.8. The quantitative estimate of drug-likeness (QED) is 0.735. The summed E-state index contributed by atoms with van der Waals surface area (Å²) in [6.45, 7) is 9.66. The van der Waals surface area contributed by atoms with E-state index in [9.17, 15) is 9.59 Å². The molecule has 0 heterocycles. The Morgan fingerprint density at radius 1 is 1.18 bits per heavy atom. The first kappa shape index (κ1) is 18.7. The van der Waals surface area contributed by atoms with E-state index in [1.807, 2.05) is 20.8 Å². The van der Waals surface area contributed by atoms with E-state index >= 15 is 0 Å². The van der Waals surface area contributed by atoms with Crippen molar-refractivity contribution in [3.05, 3.63) is 0 Å².